The number of hydrogen-bond acceptors (Lipinski definition) is 4. The number of likely N-dealkylation sites (tertiary alicyclic amines) is 1. The highest BCUT2D eigenvalue weighted by Gasteiger charge is 2.31. The maximum absolute atomic E-state index is 12.2. The van der Waals surface area contributed by atoms with E-state index in [9.17, 15) is 4.79 Å². The van der Waals surface area contributed by atoms with Crippen LogP contribution in [0.4, 0.5) is 0 Å². The fraction of sp³-hybridized carbons (Fsp3) is 0.400. The number of ether oxygens (including phenoxy) is 1. The van der Waals surface area contributed by atoms with Crippen LogP contribution in [0.15, 0.2) is 35.1 Å². The predicted octanol–water partition coefficient (Wildman–Crippen LogP) is 2.07. The van der Waals surface area contributed by atoms with E-state index in [1.807, 2.05) is 34.0 Å². The minimum Gasteiger partial charge on any atom is -0.496 e. The molecular weight excluding hydrogens is 348 g/mol. The molecule has 1 aliphatic rings. The lowest BCUT2D eigenvalue weighted by Crippen LogP contribution is -2.50. The molecule has 0 N–H and O–H groups in total. The van der Waals surface area contributed by atoms with Crippen LogP contribution < -0.4 is 4.74 Å². The molecule has 22 heavy (non-hydrogen) atoms. The molecule has 6 nitrogen and oxygen atoms in total. The average Bonchev–Trinajstić information content (AvgIpc) is 2.97. The van der Waals surface area contributed by atoms with Gasteiger partial charge in [-0.05, 0) is 40.0 Å². The first kappa shape index (κ1) is 15.0. The number of aryl methyl sites for hydroxylation is 1. The Bertz CT molecular complexity index is 654. The second-order valence-corrected chi connectivity index (χ2v) is 6.16. The van der Waals surface area contributed by atoms with E-state index in [4.69, 9.17) is 4.74 Å². The van der Waals surface area contributed by atoms with Gasteiger partial charge < -0.3 is 9.64 Å². The Hall–Kier alpha value is -1.89. The Balaban J connectivity index is 1.48. The number of methoxy groups -OCH3 is 1. The Labute approximate surface area is 137 Å². The van der Waals surface area contributed by atoms with E-state index >= 15 is 0 Å². The minimum atomic E-state index is 0.184. The average molecular weight is 365 g/mol. The van der Waals surface area contributed by atoms with Crippen molar-refractivity contribution in [3.8, 4) is 5.75 Å². The minimum absolute atomic E-state index is 0.184. The van der Waals surface area contributed by atoms with Gasteiger partial charge in [0.05, 0.1) is 23.8 Å². The van der Waals surface area contributed by atoms with Crippen LogP contribution in [0, 0.1) is 0 Å². The smallest absolute Gasteiger partial charge is 0.223 e. The van der Waals surface area contributed by atoms with Crippen LogP contribution in [-0.2, 0) is 11.2 Å². The predicted molar refractivity (Wildman–Crippen MR) is 84.7 cm³/mol. The van der Waals surface area contributed by atoms with E-state index in [-0.39, 0.29) is 11.9 Å². The van der Waals surface area contributed by atoms with E-state index in [0.29, 0.717) is 19.5 Å². The molecule has 0 spiro atoms. The molecule has 0 unspecified atom stereocenters. The first-order valence-corrected chi connectivity index (χ1v) is 7.92. The fourth-order valence-electron chi connectivity index (χ4n) is 2.51. The summed E-state index contributed by atoms with van der Waals surface area (Å²) in [5, 5.41) is 7.75. The summed E-state index contributed by atoms with van der Waals surface area (Å²) in [6.07, 6.45) is 4.74. The van der Waals surface area contributed by atoms with E-state index in [1.165, 1.54) is 0 Å². The van der Waals surface area contributed by atoms with Crippen molar-refractivity contribution >= 4 is 21.8 Å². The van der Waals surface area contributed by atoms with E-state index in [0.717, 1.165) is 22.2 Å². The van der Waals surface area contributed by atoms with Crippen molar-refractivity contribution < 1.29 is 9.53 Å². The zero-order chi connectivity index (χ0) is 15.5. The summed E-state index contributed by atoms with van der Waals surface area (Å²) in [7, 11) is 1.64. The lowest BCUT2D eigenvalue weighted by Gasteiger charge is -2.38. The second-order valence-electron chi connectivity index (χ2n) is 5.30. The standard InChI is InChI=1S/C15H17BrN4O2/c1-22-14-4-2-11(8-13(14)16)3-5-15(21)19-9-12(10-19)20-7-6-17-18-20/h2,4,6-8,12H,3,5,9-10H2,1H3. The van der Waals surface area contributed by atoms with Gasteiger partial charge in [-0.25, -0.2) is 4.68 Å². The summed E-state index contributed by atoms with van der Waals surface area (Å²) in [6.45, 7) is 1.43. The number of amides is 1. The molecular formula is C15H17BrN4O2. The number of carbonyl (C=O) groups excluding carboxylic acids is 1. The van der Waals surface area contributed by atoms with Crippen molar-refractivity contribution in [1.29, 1.82) is 0 Å². The van der Waals surface area contributed by atoms with Gasteiger partial charge in [0.15, 0.2) is 0 Å². The molecule has 0 aliphatic carbocycles. The highest BCUT2D eigenvalue weighted by atomic mass is 79.9. The first-order chi connectivity index (χ1) is 10.7. The van der Waals surface area contributed by atoms with Gasteiger partial charge in [-0.2, -0.15) is 0 Å². The topological polar surface area (TPSA) is 60.2 Å². The number of aromatic nitrogens is 3. The molecule has 1 saturated heterocycles. The zero-order valence-electron chi connectivity index (χ0n) is 12.3. The largest absolute Gasteiger partial charge is 0.496 e. The molecule has 1 aromatic heterocycles. The Morgan fingerprint density at radius 1 is 1.45 bits per heavy atom. The van der Waals surface area contributed by atoms with Crippen LogP contribution >= 0.6 is 15.9 Å². The Kier molecular flexibility index (Phi) is 4.42. The summed E-state index contributed by atoms with van der Waals surface area (Å²) in [6, 6.07) is 6.17. The number of carbonyl (C=O) groups is 1. The van der Waals surface area contributed by atoms with E-state index in [2.05, 4.69) is 26.2 Å². The summed E-state index contributed by atoms with van der Waals surface area (Å²) >= 11 is 3.46. The van der Waals surface area contributed by atoms with E-state index < -0.39 is 0 Å². The monoisotopic (exact) mass is 364 g/mol. The van der Waals surface area contributed by atoms with Gasteiger partial charge in [0.25, 0.3) is 0 Å². The molecule has 116 valence electrons. The molecule has 7 heteroatoms. The van der Waals surface area contributed by atoms with Crippen LogP contribution in [0.2, 0.25) is 0 Å². The molecule has 3 rings (SSSR count). The highest BCUT2D eigenvalue weighted by Crippen LogP contribution is 2.26. The molecule has 0 saturated carbocycles. The number of rotatable bonds is 5. The van der Waals surface area contributed by atoms with Gasteiger partial charge in [-0.1, -0.05) is 11.3 Å². The van der Waals surface area contributed by atoms with Crippen molar-refractivity contribution in [3.63, 3.8) is 0 Å². The fourth-order valence-corrected chi connectivity index (χ4v) is 3.10. The molecule has 1 aliphatic heterocycles. The number of halogens is 1. The molecule has 1 aromatic carbocycles. The van der Waals surface area contributed by atoms with Gasteiger partial charge >= 0.3 is 0 Å². The maximum atomic E-state index is 12.2. The molecule has 1 fully saturated rings. The zero-order valence-corrected chi connectivity index (χ0v) is 13.9. The lowest BCUT2D eigenvalue weighted by atomic mass is 10.1. The Morgan fingerprint density at radius 2 is 2.27 bits per heavy atom. The molecule has 0 atom stereocenters. The van der Waals surface area contributed by atoms with Crippen LogP contribution in [0.3, 0.4) is 0 Å². The van der Waals surface area contributed by atoms with Crippen LogP contribution in [0.5, 0.6) is 5.75 Å². The molecule has 2 aromatic rings. The number of hydrogen-bond donors (Lipinski definition) is 0. The van der Waals surface area contributed by atoms with Crippen molar-refractivity contribution in [1.82, 2.24) is 19.9 Å². The first-order valence-electron chi connectivity index (χ1n) is 7.13. The SMILES string of the molecule is COc1ccc(CCC(=O)N2CC(n3ccnn3)C2)cc1Br. The third-order valence-electron chi connectivity index (χ3n) is 3.87. The van der Waals surface area contributed by atoms with E-state index in [1.54, 1.807) is 13.3 Å². The summed E-state index contributed by atoms with van der Waals surface area (Å²) < 4.78 is 7.92. The quantitative estimate of drug-likeness (QED) is 0.814. The summed E-state index contributed by atoms with van der Waals surface area (Å²) in [5.41, 5.74) is 1.12. The third kappa shape index (κ3) is 3.14. The summed E-state index contributed by atoms with van der Waals surface area (Å²) in [4.78, 5) is 14.0. The second kappa shape index (κ2) is 6.48. The van der Waals surface area contributed by atoms with Crippen molar-refractivity contribution in [2.45, 2.75) is 18.9 Å². The highest BCUT2D eigenvalue weighted by molar-refractivity contribution is 9.10. The molecule has 2 heterocycles. The molecule has 1 amide bonds. The van der Waals surface area contributed by atoms with Gasteiger partial charge in [-0.15, -0.1) is 5.10 Å². The van der Waals surface area contributed by atoms with Crippen LogP contribution in [-0.4, -0.2) is 46.0 Å². The maximum Gasteiger partial charge on any atom is 0.223 e. The Morgan fingerprint density at radius 3 is 2.91 bits per heavy atom. The van der Waals surface area contributed by atoms with Gasteiger partial charge in [0, 0.05) is 25.7 Å². The molecule has 0 radical (unpaired) electrons. The van der Waals surface area contributed by atoms with Gasteiger partial charge in [0.2, 0.25) is 5.91 Å². The third-order valence-corrected chi connectivity index (χ3v) is 4.49. The number of benzene rings is 1. The number of nitrogens with zero attached hydrogens (tertiary/aromatic N) is 4. The van der Waals surface area contributed by atoms with Crippen LogP contribution in [0.25, 0.3) is 0 Å². The van der Waals surface area contributed by atoms with Gasteiger partial charge in [0.1, 0.15) is 5.75 Å². The molecule has 0 bridgehead atoms. The van der Waals surface area contributed by atoms with Crippen LogP contribution in [0.1, 0.15) is 18.0 Å². The van der Waals surface area contributed by atoms with Crippen molar-refractivity contribution in [2.24, 2.45) is 0 Å². The summed E-state index contributed by atoms with van der Waals surface area (Å²) in [5.74, 6) is 0.983. The normalized spacial score (nSPS) is 14.7. The van der Waals surface area contributed by atoms with Gasteiger partial charge in [-0.3, -0.25) is 4.79 Å². The lowest BCUT2D eigenvalue weighted by molar-refractivity contribution is -0.137. The van der Waals surface area contributed by atoms with Crippen molar-refractivity contribution in [3.05, 3.63) is 40.6 Å². The van der Waals surface area contributed by atoms with Crippen molar-refractivity contribution in [2.75, 3.05) is 20.2 Å².